The summed E-state index contributed by atoms with van der Waals surface area (Å²) in [5.74, 6) is -0.240. The monoisotopic (exact) mass is 192 g/mol. The minimum Gasteiger partial charge on any atom is -0.406 e. The first kappa shape index (κ1) is 11.8. The Morgan fingerprint density at radius 2 is 1.85 bits per heavy atom. The van der Waals surface area contributed by atoms with E-state index in [1.54, 1.807) is 6.92 Å². The van der Waals surface area contributed by atoms with E-state index < -0.39 is 6.36 Å². The predicted molar refractivity (Wildman–Crippen MR) is 44.9 cm³/mol. The number of alkyl halides is 3. The topological polar surface area (TPSA) is 9.23 Å². The molecule has 0 bridgehead atoms. The Labute approximate surface area is 75.2 Å². The number of hydrogen-bond acceptors (Lipinski definition) is 1. The largest absolute Gasteiger partial charge is 0.573 e. The predicted octanol–water partition coefficient (Wildman–Crippen LogP) is 3.56. The van der Waals surface area contributed by atoms with Gasteiger partial charge in [-0.2, -0.15) is 0 Å². The molecular formula is C9H11F3O. The highest BCUT2D eigenvalue weighted by molar-refractivity contribution is 5.20. The van der Waals surface area contributed by atoms with Crippen LogP contribution < -0.4 is 0 Å². The Kier molecular flexibility index (Phi) is 4.31. The van der Waals surface area contributed by atoms with E-state index in [9.17, 15) is 13.2 Å². The fourth-order valence-electron chi connectivity index (χ4n) is 0.547. The molecule has 1 nitrogen and oxygen atoms in total. The maximum absolute atomic E-state index is 11.7. The van der Waals surface area contributed by atoms with Gasteiger partial charge in [0.15, 0.2) is 0 Å². The summed E-state index contributed by atoms with van der Waals surface area (Å²) in [5, 5.41) is 0. The third-order valence-corrected chi connectivity index (χ3v) is 1.05. The Morgan fingerprint density at radius 3 is 2.15 bits per heavy atom. The standard InChI is InChI=1S/C9H11F3O/c1-4-8(6-5-7(2)3)13-9(10,11)12/h4-6H,2H2,1,3H3/b6-5-,8-4?. The molecule has 0 rings (SSSR count). The van der Waals surface area contributed by atoms with Gasteiger partial charge in [0, 0.05) is 0 Å². The molecule has 0 aromatic heterocycles. The van der Waals surface area contributed by atoms with Crippen molar-refractivity contribution in [3.8, 4) is 0 Å². The van der Waals surface area contributed by atoms with E-state index in [0.717, 1.165) is 0 Å². The van der Waals surface area contributed by atoms with Crippen LogP contribution >= 0.6 is 0 Å². The van der Waals surface area contributed by atoms with Crippen LogP contribution in [0.2, 0.25) is 0 Å². The summed E-state index contributed by atoms with van der Waals surface area (Å²) in [7, 11) is 0. The summed E-state index contributed by atoms with van der Waals surface area (Å²) >= 11 is 0. The normalized spacial score (nSPS) is 13.5. The van der Waals surface area contributed by atoms with Crippen LogP contribution in [0.15, 0.2) is 36.1 Å². The number of allylic oxidation sites excluding steroid dienone is 4. The lowest BCUT2D eigenvalue weighted by Gasteiger charge is -2.08. The van der Waals surface area contributed by atoms with Gasteiger partial charge in [0.05, 0.1) is 0 Å². The fourth-order valence-corrected chi connectivity index (χ4v) is 0.547. The minimum atomic E-state index is -4.64. The van der Waals surface area contributed by atoms with Crippen LogP contribution in [0.4, 0.5) is 13.2 Å². The Balaban J connectivity index is 4.31. The molecule has 74 valence electrons. The highest BCUT2D eigenvalue weighted by atomic mass is 19.4. The highest BCUT2D eigenvalue weighted by Crippen LogP contribution is 2.21. The average molecular weight is 192 g/mol. The van der Waals surface area contributed by atoms with Crippen LogP contribution in [0.3, 0.4) is 0 Å². The fraction of sp³-hybridized carbons (Fsp3) is 0.333. The lowest BCUT2D eigenvalue weighted by molar-refractivity contribution is -0.303. The lowest BCUT2D eigenvalue weighted by Crippen LogP contribution is -2.11. The molecule has 0 atom stereocenters. The smallest absolute Gasteiger partial charge is 0.406 e. The van der Waals surface area contributed by atoms with E-state index in [4.69, 9.17) is 0 Å². The minimum absolute atomic E-state index is 0.240. The molecule has 0 N–H and O–H groups in total. The molecule has 0 aromatic carbocycles. The summed E-state index contributed by atoms with van der Waals surface area (Å²) in [6.07, 6.45) is -0.745. The average Bonchev–Trinajstić information content (AvgIpc) is 1.95. The summed E-state index contributed by atoms with van der Waals surface area (Å²) < 4.78 is 38.8. The van der Waals surface area contributed by atoms with Gasteiger partial charge in [-0.15, -0.1) is 13.2 Å². The molecule has 0 spiro atoms. The third kappa shape index (κ3) is 7.18. The van der Waals surface area contributed by atoms with Crippen molar-refractivity contribution >= 4 is 0 Å². The van der Waals surface area contributed by atoms with Crippen molar-refractivity contribution in [1.82, 2.24) is 0 Å². The van der Waals surface area contributed by atoms with Crippen LogP contribution in [0.5, 0.6) is 0 Å². The van der Waals surface area contributed by atoms with Gasteiger partial charge < -0.3 is 4.74 Å². The van der Waals surface area contributed by atoms with Crippen LogP contribution in [0.25, 0.3) is 0 Å². The van der Waals surface area contributed by atoms with Gasteiger partial charge in [0.2, 0.25) is 0 Å². The Hall–Kier alpha value is -1.19. The van der Waals surface area contributed by atoms with E-state index in [1.807, 2.05) is 0 Å². The Bertz CT molecular complexity index is 236. The van der Waals surface area contributed by atoms with Gasteiger partial charge in [-0.25, -0.2) is 0 Å². The first-order valence-corrected chi connectivity index (χ1v) is 3.61. The van der Waals surface area contributed by atoms with Gasteiger partial charge in [-0.1, -0.05) is 18.2 Å². The van der Waals surface area contributed by atoms with E-state index in [-0.39, 0.29) is 5.76 Å². The van der Waals surface area contributed by atoms with E-state index >= 15 is 0 Å². The van der Waals surface area contributed by atoms with Gasteiger partial charge in [-0.05, 0) is 26.0 Å². The SMILES string of the molecule is C=C(C)/C=C\C(=CC)OC(F)(F)F. The number of halogens is 3. The molecule has 0 aliphatic carbocycles. The highest BCUT2D eigenvalue weighted by Gasteiger charge is 2.31. The molecule has 0 saturated heterocycles. The molecular weight excluding hydrogens is 181 g/mol. The van der Waals surface area contributed by atoms with Crippen LogP contribution in [0, 0.1) is 0 Å². The van der Waals surface area contributed by atoms with Crippen LogP contribution in [-0.4, -0.2) is 6.36 Å². The summed E-state index contributed by atoms with van der Waals surface area (Å²) in [6.45, 7) is 6.65. The van der Waals surface area contributed by atoms with Crippen LogP contribution in [-0.2, 0) is 4.74 Å². The third-order valence-electron chi connectivity index (χ3n) is 1.05. The molecule has 0 fully saturated rings. The van der Waals surface area contributed by atoms with Crippen molar-refractivity contribution in [2.75, 3.05) is 0 Å². The molecule has 0 saturated carbocycles. The summed E-state index contributed by atoms with van der Waals surface area (Å²) in [4.78, 5) is 0. The molecule has 0 heterocycles. The zero-order chi connectivity index (χ0) is 10.5. The Morgan fingerprint density at radius 1 is 1.31 bits per heavy atom. The quantitative estimate of drug-likeness (QED) is 0.490. The summed E-state index contributed by atoms with van der Waals surface area (Å²) in [6, 6.07) is 0. The van der Waals surface area contributed by atoms with Crippen molar-refractivity contribution in [2.24, 2.45) is 0 Å². The molecule has 0 aliphatic rings. The van der Waals surface area contributed by atoms with Gasteiger partial charge in [0.1, 0.15) is 5.76 Å². The molecule has 0 radical (unpaired) electrons. The molecule has 4 heteroatoms. The molecule has 0 unspecified atom stereocenters. The van der Waals surface area contributed by atoms with Crippen molar-refractivity contribution < 1.29 is 17.9 Å². The number of rotatable bonds is 3. The van der Waals surface area contributed by atoms with Crippen molar-refractivity contribution in [3.63, 3.8) is 0 Å². The lowest BCUT2D eigenvalue weighted by atomic mass is 10.3. The van der Waals surface area contributed by atoms with Gasteiger partial charge in [-0.3, -0.25) is 0 Å². The maximum Gasteiger partial charge on any atom is 0.573 e. The first-order valence-electron chi connectivity index (χ1n) is 3.61. The first-order chi connectivity index (χ1) is 5.85. The van der Waals surface area contributed by atoms with E-state index in [1.165, 1.54) is 25.2 Å². The van der Waals surface area contributed by atoms with Gasteiger partial charge >= 0.3 is 6.36 Å². The second-order valence-electron chi connectivity index (χ2n) is 2.42. The second-order valence-corrected chi connectivity index (χ2v) is 2.42. The van der Waals surface area contributed by atoms with Crippen molar-refractivity contribution in [3.05, 3.63) is 36.1 Å². The molecule has 0 amide bonds. The van der Waals surface area contributed by atoms with E-state index in [2.05, 4.69) is 11.3 Å². The number of ether oxygens (including phenoxy) is 1. The zero-order valence-corrected chi connectivity index (χ0v) is 7.48. The second kappa shape index (κ2) is 4.74. The van der Waals surface area contributed by atoms with E-state index in [0.29, 0.717) is 5.57 Å². The van der Waals surface area contributed by atoms with Crippen molar-refractivity contribution in [1.29, 1.82) is 0 Å². The number of hydrogen-bond donors (Lipinski definition) is 0. The zero-order valence-electron chi connectivity index (χ0n) is 7.48. The van der Waals surface area contributed by atoms with Crippen molar-refractivity contribution in [2.45, 2.75) is 20.2 Å². The maximum atomic E-state index is 11.7. The molecule has 0 aromatic rings. The van der Waals surface area contributed by atoms with Crippen LogP contribution in [0.1, 0.15) is 13.8 Å². The van der Waals surface area contributed by atoms with Gasteiger partial charge in [0.25, 0.3) is 0 Å². The summed E-state index contributed by atoms with van der Waals surface area (Å²) in [5.41, 5.74) is 0.658. The molecule has 13 heavy (non-hydrogen) atoms. The molecule has 0 aliphatic heterocycles.